The molecule has 138 valence electrons. The van der Waals surface area contributed by atoms with Crippen LogP contribution in [-0.4, -0.2) is 29.1 Å². The van der Waals surface area contributed by atoms with Gasteiger partial charge in [0.1, 0.15) is 22.5 Å². The highest BCUT2D eigenvalue weighted by Crippen LogP contribution is 2.13. The first-order valence-electron chi connectivity index (χ1n) is 8.25. The van der Waals surface area contributed by atoms with Gasteiger partial charge >= 0.3 is 0 Å². The van der Waals surface area contributed by atoms with E-state index in [2.05, 4.69) is 25.9 Å². The minimum absolute atomic E-state index is 0.300. The molecule has 0 atom stereocenters. The first kappa shape index (κ1) is 20.8. The third-order valence-corrected chi connectivity index (χ3v) is 4.16. The number of likely N-dealkylation sites (N-methyl/N-ethyl adjacent to an activating group) is 1. The molecule has 1 heterocycles. The average molecular weight is 367 g/mol. The fourth-order valence-electron chi connectivity index (χ4n) is 2.15. The standard InChI is InChI=1S/C17H27ClN6O/c1-6-10(3)16(24-17(25)14(20-5)11(4)8-19)21-9-13-22-12(7-2)15(18)23-13/h8,19-21H,6-7,9H2,1-5H3,(H,22,23)(H,24,25)/b14-11-,16-10-,19-8?. The predicted molar refractivity (Wildman–Crippen MR) is 101 cm³/mol. The highest BCUT2D eigenvalue weighted by molar-refractivity contribution is 6.30. The Kier molecular flexibility index (Phi) is 8.21. The number of allylic oxidation sites excluding steroid dienone is 2. The number of hydrogen-bond donors (Lipinski definition) is 5. The predicted octanol–water partition coefficient (Wildman–Crippen LogP) is 2.62. The Morgan fingerprint density at radius 1 is 1.36 bits per heavy atom. The summed E-state index contributed by atoms with van der Waals surface area (Å²) in [6.07, 6.45) is 2.70. The minimum Gasteiger partial charge on any atom is -0.383 e. The molecule has 1 aromatic heterocycles. The van der Waals surface area contributed by atoms with Crippen LogP contribution in [0.3, 0.4) is 0 Å². The number of aromatic nitrogens is 2. The van der Waals surface area contributed by atoms with Crippen molar-refractivity contribution in [1.29, 1.82) is 5.41 Å². The largest absolute Gasteiger partial charge is 0.383 e. The lowest BCUT2D eigenvalue weighted by atomic mass is 10.2. The summed E-state index contributed by atoms with van der Waals surface area (Å²) in [5, 5.41) is 16.7. The van der Waals surface area contributed by atoms with Gasteiger partial charge in [0.15, 0.2) is 0 Å². The molecule has 7 nitrogen and oxygen atoms in total. The number of imidazole rings is 1. The van der Waals surface area contributed by atoms with E-state index in [1.54, 1.807) is 14.0 Å². The van der Waals surface area contributed by atoms with Crippen LogP contribution in [0.15, 0.2) is 22.7 Å². The molecule has 25 heavy (non-hydrogen) atoms. The van der Waals surface area contributed by atoms with Crippen LogP contribution in [0.4, 0.5) is 0 Å². The Bertz CT molecular complexity index is 689. The summed E-state index contributed by atoms with van der Waals surface area (Å²) in [5.41, 5.74) is 2.80. The molecule has 5 N–H and O–H groups in total. The number of aryl methyl sites for hydroxylation is 1. The van der Waals surface area contributed by atoms with E-state index in [0.717, 1.165) is 30.3 Å². The number of halogens is 1. The zero-order valence-electron chi connectivity index (χ0n) is 15.4. The molecule has 8 heteroatoms. The zero-order chi connectivity index (χ0) is 19.0. The molecule has 0 aliphatic heterocycles. The van der Waals surface area contributed by atoms with Gasteiger partial charge in [0.2, 0.25) is 0 Å². The van der Waals surface area contributed by atoms with Crippen molar-refractivity contribution in [2.75, 3.05) is 7.05 Å². The number of carbonyl (C=O) groups is 1. The topological polar surface area (TPSA) is 106 Å². The van der Waals surface area contributed by atoms with Gasteiger partial charge in [-0.1, -0.05) is 25.4 Å². The molecule has 0 fully saturated rings. The van der Waals surface area contributed by atoms with Crippen LogP contribution in [0.25, 0.3) is 0 Å². The van der Waals surface area contributed by atoms with Crippen molar-refractivity contribution in [2.24, 2.45) is 0 Å². The quantitative estimate of drug-likeness (QED) is 0.342. The number of rotatable bonds is 9. The van der Waals surface area contributed by atoms with Crippen LogP contribution < -0.4 is 16.0 Å². The molecule has 0 bridgehead atoms. The molecule has 1 aromatic rings. The maximum Gasteiger partial charge on any atom is 0.273 e. The van der Waals surface area contributed by atoms with Gasteiger partial charge in [-0.3, -0.25) is 4.79 Å². The summed E-state index contributed by atoms with van der Waals surface area (Å²) in [6.45, 7) is 8.08. The molecular formula is C17H27ClN6O. The van der Waals surface area contributed by atoms with Crippen molar-refractivity contribution in [3.8, 4) is 0 Å². The van der Waals surface area contributed by atoms with Crippen LogP contribution in [0, 0.1) is 5.41 Å². The number of amides is 1. The maximum atomic E-state index is 12.5. The molecule has 1 amide bonds. The fourth-order valence-corrected chi connectivity index (χ4v) is 2.43. The number of H-pyrrole nitrogens is 1. The van der Waals surface area contributed by atoms with Crippen molar-refractivity contribution in [3.05, 3.63) is 39.3 Å². The molecule has 1 rings (SSSR count). The molecular weight excluding hydrogens is 340 g/mol. The summed E-state index contributed by atoms with van der Waals surface area (Å²) in [7, 11) is 1.66. The zero-order valence-corrected chi connectivity index (χ0v) is 16.2. The van der Waals surface area contributed by atoms with Gasteiger partial charge < -0.3 is 26.3 Å². The summed E-state index contributed by atoms with van der Waals surface area (Å²) in [6, 6.07) is 0. The van der Waals surface area contributed by atoms with E-state index < -0.39 is 0 Å². The Morgan fingerprint density at radius 3 is 2.52 bits per heavy atom. The number of aromatic amines is 1. The van der Waals surface area contributed by atoms with E-state index in [0.29, 0.717) is 34.6 Å². The Balaban J connectivity index is 2.92. The van der Waals surface area contributed by atoms with Gasteiger partial charge in [-0.25, -0.2) is 4.98 Å². The lowest BCUT2D eigenvalue weighted by Crippen LogP contribution is -2.36. The molecule has 0 saturated carbocycles. The van der Waals surface area contributed by atoms with Crippen LogP contribution in [0.2, 0.25) is 5.15 Å². The number of nitrogens with one attached hydrogen (secondary N) is 5. The van der Waals surface area contributed by atoms with Crippen LogP contribution in [0.5, 0.6) is 0 Å². The average Bonchev–Trinajstić information content (AvgIpc) is 2.97. The second-order valence-electron chi connectivity index (χ2n) is 5.58. The van der Waals surface area contributed by atoms with Crippen molar-refractivity contribution < 1.29 is 4.79 Å². The third kappa shape index (κ3) is 5.63. The van der Waals surface area contributed by atoms with Crippen molar-refractivity contribution in [2.45, 2.75) is 47.1 Å². The van der Waals surface area contributed by atoms with Gasteiger partial charge in [0.05, 0.1) is 12.2 Å². The van der Waals surface area contributed by atoms with E-state index in [1.165, 1.54) is 0 Å². The molecule has 0 aromatic carbocycles. The Hall–Kier alpha value is -2.28. The fraction of sp³-hybridized carbons (Fsp3) is 0.471. The van der Waals surface area contributed by atoms with E-state index in [4.69, 9.17) is 17.0 Å². The van der Waals surface area contributed by atoms with E-state index in [9.17, 15) is 4.79 Å². The SMILES string of the molecule is CC/C(C)=C(/NCc1nc(Cl)c(CC)[nH]1)NC(=O)/C(NC)=C(\C)C=N. The maximum absolute atomic E-state index is 12.5. The van der Waals surface area contributed by atoms with Gasteiger partial charge in [-0.05, 0) is 37.8 Å². The van der Waals surface area contributed by atoms with Crippen LogP contribution in [-0.2, 0) is 17.8 Å². The summed E-state index contributed by atoms with van der Waals surface area (Å²) in [4.78, 5) is 19.9. The minimum atomic E-state index is -0.300. The van der Waals surface area contributed by atoms with Gasteiger partial charge in [-0.2, -0.15) is 0 Å². The number of hydrogen-bond acceptors (Lipinski definition) is 5. The van der Waals surface area contributed by atoms with Gasteiger partial charge in [-0.15, -0.1) is 0 Å². The molecule has 0 aliphatic carbocycles. The molecule has 0 saturated heterocycles. The summed E-state index contributed by atoms with van der Waals surface area (Å²) >= 11 is 6.06. The normalized spacial score (nSPS) is 12.9. The first-order chi connectivity index (χ1) is 11.9. The van der Waals surface area contributed by atoms with Gasteiger partial charge in [0.25, 0.3) is 5.91 Å². The smallest absolute Gasteiger partial charge is 0.273 e. The molecule has 0 unspecified atom stereocenters. The Morgan fingerprint density at radius 2 is 2.04 bits per heavy atom. The monoisotopic (exact) mass is 366 g/mol. The third-order valence-electron chi connectivity index (χ3n) is 3.85. The van der Waals surface area contributed by atoms with Crippen LogP contribution >= 0.6 is 11.6 Å². The summed E-state index contributed by atoms with van der Waals surface area (Å²) < 4.78 is 0. The van der Waals surface area contributed by atoms with Crippen LogP contribution in [0.1, 0.15) is 45.6 Å². The highest BCUT2D eigenvalue weighted by Gasteiger charge is 2.14. The molecule has 0 radical (unpaired) electrons. The first-order valence-corrected chi connectivity index (χ1v) is 8.62. The second kappa shape index (κ2) is 9.88. The molecule has 0 spiro atoms. The lowest BCUT2D eigenvalue weighted by Gasteiger charge is -2.17. The second-order valence-corrected chi connectivity index (χ2v) is 5.93. The van der Waals surface area contributed by atoms with Gasteiger partial charge in [0, 0.05) is 13.3 Å². The van der Waals surface area contributed by atoms with Crippen molar-refractivity contribution in [3.63, 3.8) is 0 Å². The number of carbonyl (C=O) groups excluding carboxylic acids is 1. The molecule has 0 aliphatic rings. The van der Waals surface area contributed by atoms with E-state index in [1.807, 2.05) is 20.8 Å². The van der Waals surface area contributed by atoms with Crippen molar-refractivity contribution in [1.82, 2.24) is 25.9 Å². The Labute approximate surface area is 153 Å². The van der Waals surface area contributed by atoms with Crippen molar-refractivity contribution >= 4 is 23.7 Å². The highest BCUT2D eigenvalue weighted by atomic mass is 35.5. The van der Waals surface area contributed by atoms with E-state index in [-0.39, 0.29) is 5.91 Å². The lowest BCUT2D eigenvalue weighted by molar-refractivity contribution is -0.117. The number of nitrogens with zero attached hydrogens (tertiary/aromatic N) is 1. The van der Waals surface area contributed by atoms with E-state index >= 15 is 0 Å². The summed E-state index contributed by atoms with van der Waals surface area (Å²) in [5.74, 6) is 1.03.